The van der Waals surface area contributed by atoms with E-state index in [-0.39, 0.29) is 12.6 Å². The van der Waals surface area contributed by atoms with Gasteiger partial charge >= 0.3 is 0 Å². The fourth-order valence-electron chi connectivity index (χ4n) is 2.59. The smallest absolute Gasteiger partial charge is 0.274 e. The van der Waals surface area contributed by atoms with Gasteiger partial charge < -0.3 is 9.64 Å². The van der Waals surface area contributed by atoms with Crippen LogP contribution in [0.2, 0.25) is 5.02 Å². The van der Waals surface area contributed by atoms with Crippen LogP contribution in [0.25, 0.3) is 0 Å². The first-order valence-corrected chi connectivity index (χ1v) is 9.94. The van der Waals surface area contributed by atoms with E-state index < -0.39 is 0 Å². The number of carbonyl (C=O) groups is 1. The fraction of sp³-hybridized carbons (Fsp3) is 0.316. The van der Waals surface area contributed by atoms with Crippen LogP contribution in [0.4, 0.5) is 0 Å². The van der Waals surface area contributed by atoms with Gasteiger partial charge in [0.05, 0.1) is 16.7 Å². The molecule has 0 saturated carbocycles. The predicted molar refractivity (Wildman–Crippen MR) is 110 cm³/mol. The Labute approximate surface area is 177 Å². The highest BCUT2D eigenvalue weighted by molar-refractivity contribution is 9.10. The molecule has 0 aliphatic rings. The molecule has 0 unspecified atom stereocenters. The van der Waals surface area contributed by atoms with E-state index in [4.69, 9.17) is 16.3 Å². The van der Waals surface area contributed by atoms with Gasteiger partial charge in [0.1, 0.15) is 5.75 Å². The summed E-state index contributed by atoms with van der Waals surface area (Å²) in [6.45, 7) is 5.29. The highest BCUT2D eigenvalue weighted by atomic mass is 79.9. The molecule has 7 nitrogen and oxygen atoms in total. The Hall–Kier alpha value is -2.32. The van der Waals surface area contributed by atoms with Crippen molar-refractivity contribution in [3.05, 3.63) is 63.1 Å². The lowest BCUT2D eigenvalue weighted by Crippen LogP contribution is -2.27. The summed E-state index contributed by atoms with van der Waals surface area (Å²) in [5, 5.41) is 9.45. The predicted octanol–water partition coefficient (Wildman–Crippen LogP) is 4.13. The molecule has 1 amide bonds. The Bertz CT molecular complexity index is 985. The zero-order valence-corrected chi connectivity index (χ0v) is 18.2. The molecular formula is C19H21BrClN5O2. The minimum Gasteiger partial charge on any atom is -0.471 e. The molecule has 0 radical (unpaired) electrons. The zero-order valence-electron chi connectivity index (χ0n) is 15.9. The second-order valence-electron chi connectivity index (χ2n) is 6.37. The Balaban J connectivity index is 1.61. The molecule has 0 saturated heterocycles. The van der Waals surface area contributed by atoms with Crippen LogP contribution in [-0.2, 0) is 19.8 Å². The molecule has 28 heavy (non-hydrogen) atoms. The summed E-state index contributed by atoms with van der Waals surface area (Å²) in [4.78, 5) is 14.2. The third-order valence-corrected chi connectivity index (χ3v) is 5.28. The Morgan fingerprint density at radius 3 is 2.75 bits per heavy atom. The maximum Gasteiger partial charge on any atom is 0.274 e. The van der Waals surface area contributed by atoms with Crippen molar-refractivity contribution in [3.8, 4) is 5.75 Å². The van der Waals surface area contributed by atoms with Gasteiger partial charge in [-0.15, -0.1) is 0 Å². The van der Waals surface area contributed by atoms with Crippen molar-refractivity contribution in [2.75, 3.05) is 7.05 Å². The monoisotopic (exact) mass is 465 g/mol. The summed E-state index contributed by atoms with van der Waals surface area (Å²) < 4.78 is 9.98. The minimum absolute atomic E-state index is 0.181. The fourth-order valence-corrected chi connectivity index (χ4v) is 3.15. The Kier molecular flexibility index (Phi) is 6.41. The molecule has 3 rings (SSSR count). The van der Waals surface area contributed by atoms with Crippen LogP contribution in [0.15, 0.2) is 41.1 Å². The third-order valence-electron chi connectivity index (χ3n) is 4.20. The van der Waals surface area contributed by atoms with Crippen LogP contribution in [0.1, 0.15) is 28.7 Å². The van der Waals surface area contributed by atoms with Crippen LogP contribution >= 0.6 is 27.5 Å². The van der Waals surface area contributed by atoms with Gasteiger partial charge in [-0.1, -0.05) is 11.6 Å². The van der Waals surface area contributed by atoms with E-state index in [0.717, 1.165) is 22.3 Å². The van der Waals surface area contributed by atoms with Crippen LogP contribution in [0.3, 0.4) is 0 Å². The topological polar surface area (TPSA) is 65.2 Å². The second kappa shape index (κ2) is 8.79. The number of halogens is 2. The van der Waals surface area contributed by atoms with Crippen molar-refractivity contribution in [2.45, 2.75) is 33.7 Å². The van der Waals surface area contributed by atoms with Crippen molar-refractivity contribution in [2.24, 2.45) is 0 Å². The molecular weight excluding hydrogens is 446 g/mol. The molecule has 0 aliphatic heterocycles. The largest absolute Gasteiger partial charge is 0.471 e. The van der Waals surface area contributed by atoms with Gasteiger partial charge in [0.15, 0.2) is 12.4 Å². The molecule has 0 fully saturated rings. The van der Waals surface area contributed by atoms with Crippen molar-refractivity contribution in [1.29, 1.82) is 0 Å². The average Bonchev–Trinajstić information content (AvgIpc) is 3.29. The molecule has 1 aromatic carbocycles. The van der Waals surface area contributed by atoms with Gasteiger partial charge in [-0.05, 0) is 59.6 Å². The van der Waals surface area contributed by atoms with Gasteiger partial charge in [0, 0.05) is 31.0 Å². The quantitative estimate of drug-likeness (QED) is 0.525. The summed E-state index contributed by atoms with van der Waals surface area (Å²) in [5.74, 6) is 0.512. The number of benzene rings is 1. The van der Waals surface area contributed by atoms with E-state index in [2.05, 4.69) is 26.1 Å². The Morgan fingerprint density at radius 2 is 2.07 bits per heavy atom. The van der Waals surface area contributed by atoms with E-state index in [0.29, 0.717) is 23.0 Å². The summed E-state index contributed by atoms with van der Waals surface area (Å²) in [5.41, 5.74) is 2.09. The molecule has 2 aromatic heterocycles. The van der Waals surface area contributed by atoms with E-state index in [1.807, 2.05) is 30.8 Å². The Morgan fingerprint density at radius 1 is 1.29 bits per heavy atom. The molecule has 0 spiro atoms. The highest BCUT2D eigenvalue weighted by Crippen LogP contribution is 2.21. The van der Waals surface area contributed by atoms with Gasteiger partial charge in [0.2, 0.25) is 0 Å². The number of nitrogens with zero attached hydrogens (tertiary/aromatic N) is 5. The van der Waals surface area contributed by atoms with Crippen LogP contribution in [0.5, 0.6) is 5.75 Å². The molecule has 0 N–H and O–H groups in total. The molecule has 148 valence electrons. The number of aromatic nitrogens is 4. The first kappa shape index (κ1) is 20.4. The maximum absolute atomic E-state index is 12.7. The van der Waals surface area contributed by atoms with Crippen molar-refractivity contribution >= 4 is 33.4 Å². The SMILES string of the molecule is CCn1cc(Br)c(CN(C)C(=O)c2ccn(COc3ccc(Cl)c(C)c3)n2)n1. The first-order valence-electron chi connectivity index (χ1n) is 8.77. The molecule has 0 bridgehead atoms. The normalized spacial score (nSPS) is 10.9. The van der Waals surface area contributed by atoms with Crippen molar-refractivity contribution < 1.29 is 9.53 Å². The molecule has 2 heterocycles. The number of ether oxygens (including phenoxy) is 1. The van der Waals surface area contributed by atoms with Gasteiger partial charge in [-0.25, -0.2) is 4.68 Å². The lowest BCUT2D eigenvalue weighted by Gasteiger charge is -2.14. The van der Waals surface area contributed by atoms with Crippen LogP contribution in [0, 0.1) is 6.92 Å². The third kappa shape index (κ3) is 4.74. The second-order valence-corrected chi connectivity index (χ2v) is 7.63. The molecule has 3 aromatic rings. The van der Waals surface area contributed by atoms with Crippen LogP contribution < -0.4 is 4.74 Å². The lowest BCUT2D eigenvalue weighted by atomic mass is 10.2. The molecule has 0 atom stereocenters. The summed E-state index contributed by atoms with van der Waals surface area (Å²) >= 11 is 9.50. The number of aryl methyl sites for hydroxylation is 2. The maximum atomic E-state index is 12.7. The standard InChI is InChI=1S/C19H21BrClN5O2/c1-4-25-10-15(20)18(23-25)11-24(3)19(27)17-7-8-26(22-17)12-28-14-5-6-16(21)13(2)9-14/h5-10H,4,11-12H2,1-3H3. The average molecular weight is 467 g/mol. The minimum atomic E-state index is -0.181. The van der Waals surface area contributed by atoms with Gasteiger partial charge in [-0.2, -0.15) is 10.2 Å². The van der Waals surface area contributed by atoms with Crippen LogP contribution in [-0.4, -0.2) is 37.4 Å². The van der Waals surface area contributed by atoms with E-state index in [9.17, 15) is 4.79 Å². The summed E-state index contributed by atoms with van der Waals surface area (Å²) in [6, 6.07) is 7.12. The highest BCUT2D eigenvalue weighted by Gasteiger charge is 2.18. The number of carbonyl (C=O) groups excluding carboxylic acids is 1. The van der Waals surface area contributed by atoms with E-state index >= 15 is 0 Å². The lowest BCUT2D eigenvalue weighted by molar-refractivity contribution is 0.0775. The molecule has 9 heteroatoms. The van der Waals surface area contributed by atoms with Gasteiger partial charge in [0.25, 0.3) is 5.91 Å². The summed E-state index contributed by atoms with van der Waals surface area (Å²) in [6.07, 6.45) is 3.61. The number of amides is 1. The van der Waals surface area contributed by atoms with Crippen molar-refractivity contribution in [1.82, 2.24) is 24.5 Å². The first-order chi connectivity index (χ1) is 13.4. The van der Waals surface area contributed by atoms with E-state index in [1.165, 1.54) is 0 Å². The number of hydrogen-bond donors (Lipinski definition) is 0. The zero-order chi connectivity index (χ0) is 20.3. The van der Waals surface area contributed by atoms with E-state index in [1.54, 1.807) is 41.0 Å². The number of rotatable bonds is 7. The summed E-state index contributed by atoms with van der Waals surface area (Å²) in [7, 11) is 1.73. The molecule has 0 aliphatic carbocycles. The number of hydrogen-bond acceptors (Lipinski definition) is 4. The van der Waals surface area contributed by atoms with Gasteiger partial charge in [-0.3, -0.25) is 9.48 Å². The van der Waals surface area contributed by atoms with Crippen molar-refractivity contribution in [3.63, 3.8) is 0 Å².